The number of piperidine rings is 1. The molecule has 0 aliphatic carbocycles. The fourth-order valence-electron chi connectivity index (χ4n) is 11.4. The van der Waals surface area contributed by atoms with E-state index >= 15 is 0 Å². The van der Waals surface area contributed by atoms with E-state index in [1.807, 2.05) is 87.5 Å². The predicted octanol–water partition coefficient (Wildman–Crippen LogP) is 9.49. The number of amides is 4. The number of anilines is 2. The van der Waals surface area contributed by atoms with Crippen molar-refractivity contribution < 1.29 is 38.9 Å². The van der Waals surface area contributed by atoms with Crippen LogP contribution >= 0.6 is 11.3 Å². The first-order valence-corrected chi connectivity index (χ1v) is 31.0. The van der Waals surface area contributed by atoms with Crippen LogP contribution in [0.25, 0.3) is 21.7 Å². The SMILES string of the molecule is Cc1ncsc1-c1ccc([C@H](C)NC(=O)[C@@H]2C[C@@H](O)CN2C(=O)[C@@H](NC(=O)CCCCCCCCCCCCC(=O)N2CCN(CCOc3cccc(N4CCCC(Oc5cc(-c6ccccc6O)nnc5N)C4)c3)CC2)C(C)(C)C)cc1. The lowest BCUT2D eigenvalue weighted by Gasteiger charge is -2.35. The van der Waals surface area contributed by atoms with Crippen LogP contribution in [0.1, 0.15) is 141 Å². The van der Waals surface area contributed by atoms with Crippen LogP contribution in [0.5, 0.6) is 17.2 Å². The number of nitrogens with one attached hydrogen (secondary N) is 2. The van der Waals surface area contributed by atoms with E-state index in [-0.39, 0.29) is 60.3 Å². The van der Waals surface area contributed by atoms with Gasteiger partial charge in [-0.3, -0.25) is 24.1 Å². The molecule has 448 valence electrons. The molecule has 3 fully saturated rings. The Morgan fingerprint density at radius 2 is 1.52 bits per heavy atom. The minimum atomic E-state index is -0.849. The van der Waals surface area contributed by atoms with E-state index in [1.165, 1.54) is 4.90 Å². The molecule has 19 heteroatoms. The van der Waals surface area contributed by atoms with E-state index in [0.29, 0.717) is 43.0 Å². The molecule has 2 aromatic heterocycles. The number of aliphatic hydroxyl groups is 1. The number of nitrogens with zero attached hydrogens (tertiary/aromatic N) is 7. The normalized spacial score (nSPS) is 18.4. The highest BCUT2D eigenvalue weighted by molar-refractivity contribution is 7.13. The quantitative estimate of drug-likeness (QED) is 0.0309. The molecule has 0 bridgehead atoms. The monoisotopic (exact) mass is 1160 g/mol. The van der Waals surface area contributed by atoms with Crippen molar-refractivity contribution in [3.05, 3.63) is 95.6 Å². The maximum absolute atomic E-state index is 14.1. The summed E-state index contributed by atoms with van der Waals surface area (Å²) in [6, 6.07) is 22.9. The summed E-state index contributed by atoms with van der Waals surface area (Å²) in [5, 5.41) is 35.4. The van der Waals surface area contributed by atoms with E-state index in [2.05, 4.69) is 47.7 Å². The molecule has 18 nitrogen and oxygen atoms in total. The van der Waals surface area contributed by atoms with Gasteiger partial charge in [-0.25, -0.2) is 4.98 Å². The number of aromatic hydroxyl groups is 1. The van der Waals surface area contributed by atoms with Crippen molar-refractivity contribution in [2.24, 2.45) is 5.41 Å². The third-order valence-electron chi connectivity index (χ3n) is 16.3. The van der Waals surface area contributed by atoms with Gasteiger partial charge in [0.1, 0.15) is 42.0 Å². The second-order valence-electron chi connectivity index (χ2n) is 23.8. The molecule has 0 spiro atoms. The molecule has 6 N–H and O–H groups in total. The lowest BCUT2D eigenvalue weighted by molar-refractivity contribution is -0.144. The van der Waals surface area contributed by atoms with Gasteiger partial charge in [0.2, 0.25) is 23.6 Å². The molecule has 3 aromatic carbocycles. The van der Waals surface area contributed by atoms with Crippen molar-refractivity contribution >= 4 is 46.5 Å². The molecular formula is C64H88N10O8S. The number of para-hydroxylation sites is 1. The molecule has 3 aliphatic rings. The number of carbonyl (C=O) groups is 4. The van der Waals surface area contributed by atoms with Gasteiger partial charge >= 0.3 is 0 Å². The number of ether oxygens (including phenoxy) is 2. The van der Waals surface area contributed by atoms with Gasteiger partial charge in [-0.2, -0.15) is 0 Å². The van der Waals surface area contributed by atoms with Crippen LogP contribution in [0.3, 0.4) is 0 Å². The van der Waals surface area contributed by atoms with Gasteiger partial charge in [0.25, 0.3) is 0 Å². The number of thiazole rings is 1. The number of aromatic nitrogens is 3. The number of β-amino-alcohol motifs (C(OH)–C–C–N with tert-alkyl or cyclic N) is 1. The molecule has 5 heterocycles. The number of unbranched alkanes of at least 4 members (excludes halogenated alkanes) is 9. The van der Waals surface area contributed by atoms with Crippen molar-refractivity contribution in [2.75, 3.05) is 69.6 Å². The average Bonchev–Trinajstić information content (AvgIpc) is 4.33. The van der Waals surface area contributed by atoms with Crippen LogP contribution in [-0.4, -0.2) is 147 Å². The fourth-order valence-corrected chi connectivity index (χ4v) is 12.2. The number of aliphatic hydroxyl groups excluding tert-OH is 1. The summed E-state index contributed by atoms with van der Waals surface area (Å²) in [6.07, 6.45) is 12.3. The highest BCUT2D eigenvalue weighted by atomic mass is 32.1. The van der Waals surface area contributed by atoms with E-state index in [4.69, 9.17) is 15.2 Å². The van der Waals surface area contributed by atoms with Crippen molar-refractivity contribution in [1.82, 2.24) is 40.5 Å². The van der Waals surface area contributed by atoms with Gasteiger partial charge < -0.3 is 50.8 Å². The lowest BCUT2D eigenvalue weighted by atomic mass is 9.85. The van der Waals surface area contributed by atoms with E-state index in [0.717, 1.165) is 149 Å². The topological polar surface area (TPSA) is 229 Å². The third kappa shape index (κ3) is 17.8. The minimum absolute atomic E-state index is 0.0322. The number of likely N-dealkylation sites (tertiary alicyclic amines) is 1. The first-order valence-electron chi connectivity index (χ1n) is 30.2. The second-order valence-corrected chi connectivity index (χ2v) is 24.7. The zero-order valence-corrected chi connectivity index (χ0v) is 50.2. The molecule has 5 aromatic rings. The number of rotatable bonds is 27. The minimum Gasteiger partial charge on any atom is -0.507 e. The van der Waals surface area contributed by atoms with E-state index < -0.39 is 23.6 Å². The summed E-state index contributed by atoms with van der Waals surface area (Å²) in [6.45, 7) is 15.7. The Labute approximate surface area is 494 Å². The number of nitrogen functional groups attached to an aromatic ring is 1. The van der Waals surface area contributed by atoms with Gasteiger partial charge in [0.15, 0.2) is 11.6 Å². The average molecular weight is 1160 g/mol. The Morgan fingerprint density at radius 1 is 0.819 bits per heavy atom. The standard InChI is InChI=1S/C64H88N10O8S/c1-44(46-27-29-47(30-28-46)59-45(2)66-43-83-59)67-62(79)54-39-49(75)41-74(54)63(80)60(64(3,4)5)68-57(77)25-14-12-10-8-6-7-9-11-13-15-26-58(78)72-34-32-71(33-35-72)36-37-81-50-21-18-20-48(38-50)73-31-19-22-51(42-73)82-56-40-53(69-70-61(56)65)52-23-16-17-24-55(52)76/h16-18,20-21,23-24,27-30,38,40,43-44,49,51,54,60,75-76H,6-15,19,22,25-26,31-37,39,41-42H2,1-5H3,(H2,65,70)(H,67,79)(H,68,77)/t44-,49+,51?,54-,60+/m0/s1. The molecule has 5 atom stereocenters. The first kappa shape index (κ1) is 62.2. The molecule has 3 saturated heterocycles. The molecule has 83 heavy (non-hydrogen) atoms. The second kappa shape index (κ2) is 30.1. The van der Waals surface area contributed by atoms with Crippen LogP contribution in [-0.2, 0) is 19.2 Å². The smallest absolute Gasteiger partial charge is 0.246 e. The Morgan fingerprint density at radius 3 is 2.20 bits per heavy atom. The zero-order chi connectivity index (χ0) is 58.9. The molecule has 8 rings (SSSR count). The number of phenols is 1. The maximum atomic E-state index is 14.1. The van der Waals surface area contributed by atoms with Gasteiger partial charge in [-0.15, -0.1) is 21.5 Å². The summed E-state index contributed by atoms with van der Waals surface area (Å²) in [4.78, 5) is 67.8. The van der Waals surface area contributed by atoms with E-state index in [9.17, 15) is 29.4 Å². The number of nitrogens with two attached hydrogens (primary N) is 1. The van der Waals surface area contributed by atoms with Crippen molar-refractivity contribution in [3.63, 3.8) is 0 Å². The molecule has 0 saturated carbocycles. The number of phenolic OH excluding ortho intramolecular Hbond substituents is 1. The highest BCUT2D eigenvalue weighted by Crippen LogP contribution is 2.34. The Bertz CT molecular complexity index is 2910. The van der Waals surface area contributed by atoms with Gasteiger partial charge in [0, 0.05) is 88.5 Å². The molecular weight excluding hydrogens is 1070 g/mol. The van der Waals surface area contributed by atoms with Crippen molar-refractivity contribution in [1.29, 1.82) is 0 Å². The number of piperazine rings is 1. The van der Waals surface area contributed by atoms with Gasteiger partial charge in [-0.1, -0.05) is 115 Å². The third-order valence-corrected chi connectivity index (χ3v) is 17.3. The molecule has 3 aliphatic heterocycles. The van der Waals surface area contributed by atoms with Crippen LogP contribution < -0.4 is 30.7 Å². The van der Waals surface area contributed by atoms with Crippen LogP contribution in [0.4, 0.5) is 11.5 Å². The Hall–Kier alpha value is -6.83. The Balaban J connectivity index is 0.639. The molecule has 0 radical (unpaired) electrons. The van der Waals surface area contributed by atoms with E-state index in [1.54, 1.807) is 35.6 Å². The number of aryl methyl sites for hydroxylation is 1. The summed E-state index contributed by atoms with van der Waals surface area (Å²) in [5.74, 6) is 0.984. The predicted molar refractivity (Wildman–Crippen MR) is 326 cm³/mol. The number of benzene rings is 3. The largest absolute Gasteiger partial charge is 0.507 e. The van der Waals surface area contributed by atoms with Crippen LogP contribution in [0.15, 0.2) is 84.4 Å². The fraction of sp³-hybridized carbons (Fsp3) is 0.547. The summed E-state index contributed by atoms with van der Waals surface area (Å²) < 4.78 is 12.6. The maximum Gasteiger partial charge on any atom is 0.246 e. The van der Waals surface area contributed by atoms with Crippen LogP contribution in [0, 0.1) is 12.3 Å². The summed E-state index contributed by atoms with van der Waals surface area (Å²) in [7, 11) is 0. The zero-order valence-electron chi connectivity index (χ0n) is 49.4. The van der Waals surface area contributed by atoms with Crippen molar-refractivity contribution in [3.8, 4) is 38.9 Å². The first-order chi connectivity index (χ1) is 40.0. The molecule has 1 unspecified atom stereocenters. The van der Waals surface area contributed by atoms with Gasteiger partial charge in [0.05, 0.1) is 34.8 Å². The van der Waals surface area contributed by atoms with Crippen LogP contribution in [0.2, 0.25) is 0 Å². The van der Waals surface area contributed by atoms with Crippen molar-refractivity contribution in [2.45, 2.75) is 161 Å². The molecule has 4 amide bonds. The van der Waals surface area contributed by atoms with Gasteiger partial charge in [-0.05, 0) is 80.3 Å². The number of hydrogen-bond acceptors (Lipinski definition) is 15. The number of carbonyl (C=O) groups excluding carboxylic acids is 4. The summed E-state index contributed by atoms with van der Waals surface area (Å²) in [5.41, 5.74) is 12.5. The number of hydrogen-bond donors (Lipinski definition) is 5. The Kier molecular flexibility index (Phi) is 22.6. The summed E-state index contributed by atoms with van der Waals surface area (Å²) >= 11 is 1.59. The highest BCUT2D eigenvalue weighted by Gasteiger charge is 2.45. The lowest BCUT2D eigenvalue weighted by Crippen LogP contribution is -2.57.